The zero-order valence-corrected chi connectivity index (χ0v) is 38.1. The molecule has 0 amide bonds. The Labute approximate surface area is 380 Å². The number of hydrogen-bond acceptors (Lipinski definition) is 12. The largest absolute Gasteiger partial charge is 0.493 e. The summed E-state index contributed by atoms with van der Waals surface area (Å²) in [6.45, 7) is 2.75. The van der Waals surface area contributed by atoms with Crippen LogP contribution in [0.2, 0.25) is 0 Å². The maximum atomic E-state index is 15.2. The van der Waals surface area contributed by atoms with Gasteiger partial charge >= 0.3 is 0 Å². The van der Waals surface area contributed by atoms with Crippen molar-refractivity contribution in [3.8, 4) is 11.5 Å². The maximum Gasteiger partial charge on any atom is 0.266 e. The van der Waals surface area contributed by atoms with E-state index in [-0.39, 0.29) is 34.4 Å². The predicted octanol–water partition coefficient (Wildman–Crippen LogP) is 10.3. The van der Waals surface area contributed by atoms with E-state index in [9.17, 15) is 16.8 Å². The first-order chi connectivity index (χ1) is 31.1. The van der Waals surface area contributed by atoms with Crippen LogP contribution in [0.15, 0.2) is 118 Å². The lowest BCUT2D eigenvalue weighted by molar-refractivity contribution is 0.0665. The van der Waals surface area contributed by atoms with Crippen molar-refractivity contribution in [3.63, 3.8) is 0 Å². The molecule has 0 bridgehead atoms. The number of ether oxygens (including phenoxy) is 2. The van der Waals surface area contributed by atoms with Gasteiger partial charge in [-0.1, -0.05) is 73.5 Å². The highest BCUT2D eigenvalue weighted by atomic mass is 32.2. The van der Waals surface area contributed by atoms with Crippen LogP contribution in [0.3, 0.4) is 0 Å². The molecule has 0 unspecified atom stereocenters. The third kappa shape index (κ3) is 9.53. The number of piperidine rings is 2. The van der Waals surface area contributed by atoms with E-state index in [0.29, 0.717) is 35.8 Å². The van der Waals surface area contributed by atoms with Gasteiger partial charge in [-0.05, 0) is 62.0 Å². The van der Waals surface area contributed by atoms with E-state index in [1.807, 2.05) is 36.4 Å². The van der Waals surface area contributed by atoms with Gasteiger partial charge in [0.15, 0.2) is 10.3 Å². The zero-order valence-electron chi connectivity index (χ0n) is 34.8. The summed E-state index contributed by atoms with van der Waals surface area (Å²) in [4.78, 5) is 11.9. The number of anilines is 2. The van der Waals surface area contributed by atoms with Crippen molar-refractivity contribution in [2.24, 2.45) is 0 Å². The monoisotopic (exact) mass is 946 g/mol. The Bertz CT molecular complexity index is 2560. The number of halogens is 2. The first kappa shape index (κ1) is 44.2. The molecule has 2 aromatic heterocycles. The second kappa shape index (κ2) is 19.2. The highest BCUT2D eigenvalue weighted by Gasteiger charge is 2.38. The van der Waals surface area contributed by atoms with Crippen LogP contribution in [0, 0.1) is 11.6 Å². The fourth-order valence-corrected chi connectivity index (χ4v) is 13.2. The molecule has 18 heteroatoms. The highest BCUT2D eigenvalue weighted by molar-refractivity contribution is 7.93. The molecule has 4 aliphatic rings. The zero-order chi connectivity index (χ0) is 44.3. The average Bonchev–Trinajstić information content (AvgIpc) is 4.03. The Kier molecular flexibility index (Phi) is 13.3. The first-order valence-electron chi connectivity index (χ1n) is 21.4. The van der Waals surface area contributed by atoms with Gasteiger partial charge in [0.1, 0.15) is 32.9 Å². The molecule has 0 aliphatic carbocycles. The van der Waals surface area contributed by atoms with Gasteiger partial charge in [-0.25, -0.2) is 35.6 Å². The van der Waals surface area contributed by atoms with Gasteiger partial charge in [0, 0.05) is 83.4 Å². The molecular formula is C46H48F2N6O6S4. The minimum atomic E-state index is -4.11. The molecule has 0 saturated carbocycles. The van der Waals surface area contributed by atoms with E-state index >= 15 is 8.78 Å². The third-order valence-electron chi connectivity index (χ3n) is 12.3. The van der Waals surface area contributed by atoms with Crippen LogP contribution < -0.4 is 18.9 Å². The van der Waals surface area contributed by atoms with Crippen molar-refractivity contribution < 1.29 is 35.1 Å². The van der Waals surface area contributed by atoms with E-state index in [4.69, 9.17) is 9.47 Å². The van der Waals surface area contributed by atoms with Crippen LogP contribution in [-0.2, 0) is 20.0 Å². The van der Waals surface area contributed by atoms with Crippen LogP contribution in [0.5, 0.6) is 11.5 Å². The van der Waals surface area contributed by atoms with Crippen LogP contribution in [-0.4, -0.2) is 62.9 Å². The lowest BCUT2D eigenvalue weighted by atomic mass is 9.89. The molecule has 10 rings (SSSR count). The van der Waals surface area contributed by atoms with Crippen molar-refractivity contribution in [1.29, 1.82) is 0 Å². The molecule has 2 fully saturated rings. The van der Waals surface area contributed by atoms with Crippen LogP contribution in [0.25, 0.3) is 0 Å². The summed E-state index contributed by atoms with van der Waals surface area (Å²) >= 11 is 2.27. The number of thiazole rings is 2. The van der Waals surface area contributed by atoms with Crippen LogP contribution >= 0.6 is 22.7 Å². The van der Waals surface area contributed by atoms with Crippen molar-refractivity contribution in [1.82, 2.24) is 19.8 Å². The van der Waals surface area contributed by atoms with E-state index in [0.717, 1.165) is 87.1 Å². The fourth-order valence-electron chi connectivity index (χ4n) is 9.45. The number of aromatic nitrogens is 2. The van der Waals surface area contributed by atoms with Crippen molar-refractivity contribution >= 4 is 53.0 Å². The van der Waals surface area contributed by atoms with Gasteiger partial charge in [0.25, 0.3) is 20.0 Å². The quantitative estimate of drug-likeness (QED) is 0.136. The van der Waals surface area contributed by atoms with Gasteiger partial charge in [-0.15, -0.1) is 22.7 Å². The SMILES string of the molecule is O=S(=O)(Nc1nccs1)c1cc2c(cc1F)[C@@H](N1CCCC[C@H]1c1ccccc1)CCO2.O=S(=O)(Nc1nccs1)c1cc2c(cc1F)[C@H](N1CCCC[C@H]1c1ccccc1)CCO2. The van der Waals surface area contributed by atoms with Gasteiger partial charge < -0.3 is 9.47 Å². The number of benzene rings is 4. The molecule has 0 radical (unpaired) electrons. The van der Waals surface area contributed by atoms with Crippen molar-refractivity contribution in [2.45, 2.75) is 85.3 Å². The lowest BCUT2D eigenvalue weighted by Crippen LogP contribution is -2.39. The van der Waals surface area contributed by atoms with Crippen LogP contribution in [0.4, 0.5) is 19.0 Å². The van der Waals surface area contributed by atoms with E-state index < -0.39 is 41.5 Å². The fraction of sp³-hybridized carbons (Fsp3) is 0.348. The maximum absolute atomic E-state index is 15.2. The molecule has 4 aromatic carbocycles. The highest BCUT2D eigenvalue weighted by Crippen LogP contribution is 2.46. The number of hydrogen-bond donors (Lipinski definition) is 2. The summed E-state index contributed by atoms with van der Waals surface area (Å²) in [5, 5.41) is 3.69. The summed E-state index contributed by atoms with van der Waals surface area (Å²) in [5.74, 6) is -0.702. The van der Waals surface area contributed by atoms with Gasteiger partial charge in [0.05, 0.1) is 13.2 Å². The average molecular weight is 947 g/mol. The topological polar surface area (TPSA) is 143 Å². The molecule has 2 saturated heterocycles. The molecule has 64 heavy (non-hydrogen) atoms. The number of nitrogens with zero attached hydrogens (tertiary/aromatic N) is 4. The summed E-state index contributed by atoms with van der Waals surface area (Å²) in [6, 6.07) is 26.5. The minimum absolute atomic E-state index is 0.0255. The van der Waals surface area contributed by atoms with Crippen molar-refractivity contribution in [3.05, 3.63) is 142 Å². The van der Waals surface area contributed by atoms with E-state index in [2.05, 4.69) is 53.5 Å². The number of nitrogens with one attached hydrogen (secondary N) is 2. The lowest BCUT2D eigenvalue weighted by Gasteiger charge is -2.43. The molecule has 6 aromatic rings. The Morgan fingerprint density at radius 3 is 1.38 bits per heavy atom. The minimum Gasteiger partial charge on any atom is -0.493 e. The standard InChI is InChI=1S/2C23H24FN3O3S2/c2*24-18-14-17-20(27-11-5-4-8-19(27)16-6-2-1-3-7-16)9-12-30-21(17)15-22(18)32(28,29)26-23-25-10-13-31-23/h2*1-3,6-7,10,13-15,19-20H,4-5,8-9,11-12H2,(H,25,26)/t19-,20+;19-,20-/m00/s1. The van der Waals surface area contributed by atoms with Crippen molar-refractivity contribution in [2.75, 3.05) is 35.7 Å². The number of likely N-dealkylation sites (tertiary alicyclic amines) is 2. The molecular weight excluding hydrogens is 899 g/mol. The second-order valence-corrected chi connectivity index (χ2v) is 21.2. The molecule has 0 spiro atoms. The Balaban J connectivity index is 0.000000162. The Morgan fingerprint density at radius 1 is 0.562 bits per heavy atom. The number of fused-ring (bicyclic) bond motifs is 2. The molecule has 6 heterocycles. The van der Waals surface area contributed by atoms with Gasteiger partial charge in [-0.3, -0.25) is 19.2 Å². The Morgan fingerprint density at radius 2 is 0.984 bits per heavy atom. The normalized spacial score (nSPS) is 21.5. The van der Waals surface area contributed by atoms with E-state index in [1.54, 1.807) is 10.8 Å². The van der Waals surface area contributed by atoms with E-state index in [1.165, 1.54) is 47.8 Å². The predicted molar refractivity (Wildman–Crippen MR) is 244 cm³/mol. The van der Waals surface area contributed by atoms with Gasteiger partial charge in [-0.2, -0.15) is 0 Å². The number of sulfonamides is 2. The second-order valence-electron chi connectivity index (χ2n) is 16.2. The molecule has 4 aliphatic heterocycles. The first-order valence-corrected chi connectivity index (χ1v) is 26.2. The summed E-state index contributed by atoms with van der Waals surface area (Å²) in [6.07, 6.45) is 11.0. The summed E-state index contributed by atoms with van der Waals surface area (Å²) in [7, 11) is -8.23. The summed E-state index contributed by atoms with van der Waals surface area (Å²) < 4.78 is 97.7. The third-order valence-corrected chi connectivity index (χ3v) is 16.6. The number of rotatable bonds is 10. The summed E-state index contributed by atoms with van der Waals surface area (Å²) in [5.41, 5.74) is 3.94. The Hall–Kier alpha value is -4.98. The smallest absolute Gasteiger partial charge is 0.266 e. The van der Waals surface area contributed by atoms with Crippen LogP contribution in [0.1, 0.15) is 97.8 Å². The molecule has 12 nitrogen and oxygen atoms in total. The molecule has 4 atom stereocenters. The molecule has 336 valence electrons. The molecule has 2 N–H and O–H groups in total. The van der Waals surface area contributed by atoms with Gasteiger partial charge in [0.2, 0.25) is 0 Å².